The molecule has 0 bridgehead atoms. The van der Waals surface area contributed by atoms with E-state index in [1.165, 1.54) is 11.1 Å². The molecule has 2 saturated heterocycles. The summed E-state index contributed by atoms with van der Waals surface area (Å²) in [5, 5.41) is 7.96. The molecule has 0 radical (unpaired) electrons. The molecule has 1 amide bonds. The summed E-state index contributed by atoms with van der Waals surface area (Å²) >= 11 is 0. The standard InChI is InChI=1S/C19H24N4O/c1-13-17(18-20-19(24)16-10-6-7-11-22(16)18)14(2)23(21-13)12-15-8-4-3-5-9-15/h3-5,8-9,16,18H,6-7,10-12H2,1-2H3,(H,20,24)/t16-,18-/m1/s1. The Morgan fingerprint density at radius 1 is 1.21 bits per heavy atom. The van der Waals surface area contributed by atoms with Gasteiger partial charge in [-0.3, -0.25) is 14.4 Å². The number of aromatic nitrogens is 2. The Balaban J connectivity index is 1.65. The quantitative estimate of drug-likeness (QED) is 0.944. The van der Waals surface area contributed by atoms with Gasteiger partial charge >= 0.3 is 0 Å². The minimum absolute atomic E-state index is 0.0210. The number of rotatable bonds is 3. The molecule has 5 heteroatoms. The van der Waals surface area contributed by atoms with Gasteiger partial charge < -0.3 is 5.32 Å². The van der Waals surface area contributed by atoms with E-state index in [1.54, 1.807) is 0 Å². The number of hydrogen-bond donors (Lipinski definition) is 1. The average Bonchev–Trinajstić information content (AvgIpc) is 3.06. The van der Waals surface area contributed by atoms with Crippen LogP contribution in [0, 0.1) is 13.8 Å². The maximum Gasteiger partial charge on any atom is 0.238 e. The lowest BCUT2D eigenvalue weighted by molar-refractivity contribution is -0.122. The number of fused-ring (bicyclic) bond motifs is 1. The van der Waals surface area contributed by atoms with E-state index in [0.29, 0.717) is 0 Å². The van der Waals surface area contributed by atoms with Gasteiger partial charge in [0, 0.05) is 17.8 Å². The monoisotopic (exact) mass is 324 g/mol. The summed E-state index contributed by atoms with van der Waals surface area (Å²) in [6.45, 7) is 5.91. The molecule has 1 N–H and O–H groups in total. The molecule has 2 fully saturated rings. The van der Waals surface area contributed by atoms with Gasteiger partial charge in [0.1, 0.15) is 6.17 Å². The van der Waals surface area contributed by atoms with Crippen molar-refractivity contribution >= 4 is 5.91 Å². The van der Waals surface area contributed by atoms with Gasteiger partial charge in [-0.05, 0) is 32.3 Å². The Hall–Kier alpha value is -2.14. The lowest BCUT2D eigenvalue weighted by Crippen LogP contribution is -2.38. The van der Waals surface area contributed by atoms with Gasteiger partial charge in [0.15, 0.2) is 0 Å². The Labute approximate surface area is 142 Å². The fourth-order valence-electron chi connectivity index (χ4n) is 4.11. The van der Waals surface area contributed by atoms with Gasteiger partial charge in [-0.25, -0.2) is 0 Å². The molecule has 0 spiro atoms. The van der Waals surface area contributed by atoms with Gasteiger partial charge in [0.2, 0.25) is 5.91 Å². The van der Waals surface area contributed by atoms with E-state index in [4.69, 9.17) is 5.10 Å². The molecule has 1 aromatic heterocycles. The summed E-state index contributed by atoms with van der Waals surface area (Å²) in [5.74, 6) is 0.175. The average molecular weight is 324 g/mol. The van der Waals surface area contributed by atoms with E-state index in [-0.39, 0.29) is 18.1 Å². The molecule has 5 nitrogen and oxygen atoms in total. The number of carbonyl (C=O) groups is 1. The van der Waals surface area contributed by atoms with Crippen molar-refractivity contribution in [2.45, 2.75) is 51.9 Å². The van der Waals surface area contributed by atoms with Crippen molar-refractivity contribution in [2.75, 3.05) is 6.54 Å². The molecule has 1 aromatic carbocycles. The van der Waals surface area contributed by atoms with Crippen LogP contribution in [0.1, 0.15) is 47.9 Å². The first-order valence-electron chi connectivity index (χ1n) is 8.79. The van der Waals surface area contributed by atoms with E-state index in [1.807, 2.05) is 13.0 Å². The van der Waals surface area contributed by atoms with E-state index >= 15 is 0 Å². The fourth-order valence-corrected chi connectivity index (χ4v) is 4.11. The molecule has 3 heterocycles. The van der Waals surface area contributed by atoms with Gasteiger partial charge in [-0.2, -0.15) is 5.10 Å². The minimum atomic E-state index is -0.0210. The number of nitrogens with one attached hydrogen (secondary N) is 1. The van der Waals surface area contributed by atoms with Crippen molar-refractivity contribution < 1.29 is 4.79 Å². The van der Waals surface area contributed by atoms with Crippen molar-refractivity contribution in [2.24, 2.45) is 0 Å². The number of piperidine rings is 1. The molecule has 24 heavy (non-hydrogen) atoms. The fraction of sp³-hybridized carbons (Fsp3) is 0.474. The topological polar surface area (TPSA) is 50.2 Å². The van der Waals surface area contributed by atoms with Crippen molar-refractivity contribution in [3.8, 4) is 0 Å². The number of carbonyl (C=O) groups excluding carboxylic acids is 1. The van der Waals surface area contributed by atoms with Gasteiger partial charge in [-0.15, -0.1) is 0 Å². The van der Waals surface area contributed by atoms with Crippen LogP contribution in [0.5, 0.6) is 0 Å². The molecular weight excluding hydrogens is 300 g/mol. The molecule has 0 unspecified atom stereocenters. The van der Waals surface area contributed by atoms with Crippen LogP contribution in [0.2, 0.25) is 0 Å². The maximum absolute atomic E-state index is 12.3. The van der Waals surface area contributed by atoms with Gasteiger partial charge in [0.25, 0.3) is 0 Å². The first-order chi connectivity index (χ1) is 11.6. The number of amides is 1. The molecule has 4 rings (SSSR count). The zero-order valence-electron chi connectivity index (χ0n) is 14.3. The third-order valence-corrected chi connectivity index (χ3v) is 5.34. The van der Waals surface area contributed by atoms with E-state index in [2.05, 4.69) is 46.1 Å². The van der Waals surface area contributed by atoms with Crippen molar-refractivity contribution in [1.29, 1.82) is 0 Å². The first-order valence-corrected chi connectivity index (χ1v) is 8.79. The lowest BCUT2D eigenvalue weighted by atomic mass is 10.0. The summed E-state index contributed by atoms with van der Waals surface area (Å²) in [4.78, 5) is 14.7. The van der Waals surface area contributed by atoms with Crippen LogP contribution < -0.4 is 5.32 Å². The summed E-state index contributed by atoms with van der Waals surface area (Å²) in [5.41, 5.74) is 4.57. The molecule has 2 aromatic rings. The predicted molar refractivity (Wildman–Crippen MR) is 92.5 cm³/mol. The molecule has 0 aliphatic carbocycles. The molecule has 2 aliphatic rings. The lowest BCUT2D eigenvalue weighted by Gasteiger charge is -2.31. The second-order valence-corrected chi connectivity index (χ2v) is 6.89. The third kappa shape index (κ3) is 2.53. The second kappa shape index (κ2) is 6.06. The molecule has 2 aliphatic heterocycles. The SMILES string of the molecule is Cc1nn(Cc2ccccc2)c(C)c1[C@@H]1NC(=O)[C@H]2CCCCN21. The van der Waals surface area contributed by atoms with Gasteiger partial charge in [0.05, 0.1) is 18.3 Å². The molecular formula is C19H24N4O. The molecule has 2 atom stereocenters. The highest BCUT2D eigenvalue weighted by molar-refractivity contribution is 5.84. The number of aryl methyl sites for hydroxylation is 1. The number of nitrogens with zero attached hydrogens (tertiary/aromatic N) is 3. The van der Waals surface area contributed by atoms with Gasteiger partial charge in [-0.1, -0.05) is 36.8 Å². The van der Waals surface area contributed by atoms with Crippen LogP contribution in [-0.4, -0.2) is 33.2 Å². The smallest absolute Gasteiger partial charge is 0.238 e. The van der Waals surface area contributed by atoms with Crippen LogP contribution in [-0.2, 0) is 11.3 Å². The maximum atomic E-state index is 12.3. The van der Waals surface area contributed by atoms with Crippen molar-refractivity contribution in [3.63, 3.8) is 0 Å². The number of hydrogen-bond acceptors (Lipinski definition) is 3. The highest BCUT2D eigenvalue weighted by Gasteiger charge is 2.43. The second-order valence-electron chi connectivity index (χ2n) is 6.89. The van der Waals surface area contributed by atoms with Crippen LogP contribution in [0.3, 0.4) is 0 Å². The minimum Gasteiger partial charge on any atom is -0.335 e. The Morgan fingerprint density at radius 2 is 2.00 bits per heavy atom. The predicted octanol–water partition coefficient (Wildman–Crippen LogP) is 2.53. The summed E-state index contributed by atoms with van der Waals surface area (Å²) in [6, 6.07) is 10.4. The molecule has 126 valence electrons. The zero-order valence-corrected chi connectivity index (χ0v) is 14.3. The van der Waals surface area contributed by atoms with Crippen LogP contribution in [0.4, 0.5) is 0 Å². The summed E-state index contributed by atoms with van der Waals surface area (Å²) in [6.07, 6.45) is 3.26. The van der Waals surface area contributed by atoms with Crippen molar-refractivity contribution in [3.05, 3.63) is 52.8 Å². The normalized spacial score (nSPS) is 24.0. The zero-order chi connectivity index (χ0) is 16.7. The third-order valence-electron chi connectivity index (χ3n) is 5.34. The van der Waals surface area contributed by atoms with E-state index in [9.17, 15) is 4.79 Å². The number of benzene rings is 1. The van der Waals surface area contributed by atoms with E-state index < -0.39 is 0 Å². The highest BCUT2D eigenvalue weighted by atomic mass is 16.2. The summed E-state index contributed by atoms with van der Waals surface area (Å²) < 4.78 is 2.06. The molecule has 0 saturated carbocycles. The van der Waals surface area contributed by atoms with E-state index in [0.717, 1.165) is 43.7 Å². The summed E-state index contributed by atoms with van der Waals surface area (Å²) in [7, 11) is 0. The Kier molecular flexibility index (Phi) is 3.88. The van der Waals surface area contributed by atoms with Crippen LogP contribution in [0.15, 0.2) is 30.3 Å². The highest BCUT2D eigenvalue weighted by Crippen LogP contribution is 2.34. The van der Waals surface area contributed by atoms with Crippen molar-refractivity contribution in [1.82, 2.24) is 20.0 Å². The largest absolute Gasteiger partial charge is 0.335 e. The Bertz CT molecular complexity index is 752. The Morgan fingerprint density at radius 3 is 2.79 bits per heavy atom. The first kappa shape index (κ1) is 15.4. The van der Waals surface area contributed by atoms with Crippen LogP contribution >= 0.6 is 0 Å². The van der Waals surface area contributed by atoms with Crippen LogP contribution in [0.25, 0.3) is 0 Å².